The second-order valence-electron chi connectivity index (χ2n) is 7.33. The number of aromatic nitrogens is 2. The van der Waals surface area contributed by atoms with Gasteiger partial charge in [0.2, 0.25) is 0 Å². The molecule has 1 aromatic heterocycles. The summed E-state index contributed by atoms with van der Waals surface area (Å²) in [6.07, 6.45) is 0. The van der Waals surface area contributed by atoms with E-state index in [1.54, 1.807) is 17.0 Å². The van der Waals surface area contributed by atoms with Crippen LogP contribution in [-0.2, 0) is 6.54 Å². The number of hydrogen-bond donors (Lipinski definition) is 1. The largest absolute Gasteiger partial charge is 0.322 e. The van der Waals surface area contributed by atoms with E-state index in [1.165, 1.54) is 0 Å². The number of fused-ring (bicyclic) bond motifs is 1. The summed E-state index contributed by atoms with van der Waals surface area (Å²) in [6, 6.07) is 22.4. The van der Waals surface area contributed by atoms with Crippen LogP contribution in [0.2, 0.25) is 15.1 Å². The van der Waals surface area contributed by atoms with Crippen molar-refractivity contribution in [2.75, 3.05) is 0 Å². The number of carbonyl (C=O) groups excluding carboxylic acids is 1. The summed E-state index contributed by atoms with van der Waals surface area (Å²) in [7, 11) is 0. The number of carbonyl (C=O) groups is 1. The Bertz CT molecular complexity index is 1290. The molecule has 0 fully saturated rings. The maximum atomic E-state index is 13.4. The molecule has 0 aliphatic carbocycles. The van der Waals surface area contributed by atoms with Crippen molar-refractivity contribution in [1.29, 1.82) is 0 Å². The zero-order valence-electron chi connectivity index (χ0n) is 16.1. The van der Waals surface area contributed by atoms with Crippen LogP contribution in [0.4, 0.5) is 0 Å². The Labute approximate surface area is 194 Å². The molecule has 1 aliphatic heterocycles. The highest BCUT2D eigenvalue weighted by Crippen LogP contribution is 2.44. The maximum Gasteiger partial charge on any atom is 0.273 e. The van der Waals surface area contributed by atoms with E-state index in [4.69, 9.17) is 34.8 Å². The monoisotopic (exact) mass is 467 g/mol. The molecule has 2 heterocycles. The molecular weight excluding hydrogens is 453 g/mol. The number of aromatic amines is 1. The molecule has 4 nitrogen and oxygen atoms in total. The van der Waals surface area contributed by atoms with E-state index in [-0.39, 0.29) is 11.9 Å². The van der Waals surface area contributed by atoms with Crippen LogP contribution >= 0.6 is 34.8 Å². The molecule has 154 valence electrons. The fourth-order valence-electron chi connectivity index (χ4n) is 4.01. The van der Waals surface area contributed by atoms with Gasteiger partial charge < -0.3 is 4.90 Å². The number of H-pyrrole nitrogens is 1. The molecular formula is C24H16Cl3N3O. The van der Waals surface area contributed by atoms with Crippen LogP contribution in [-0.4, -0.2) is 21.0 Å². The van der Waals surface area contributed by atoms with Crippen molar-refractivity contribution in [3.8, 4) is 11.3 Å². The normalized spacial score (nSPS) is 15.4. The topological polar surface area (TPSA) is 49.0 Å². The molecule has 1 atom stereocenters. The van der Waals surface area contributed by atoms with Gasteiger partial charge >= 0.3 is 0 Å². The minimum atomic E-state index is -0.387. The van der Waals surface area contributed by atoms with E-state index in [0.717, 1.165) is 27.9 Å². The van der Waals surface area contributed by atoms with E-state index < -0.39 is 0 Å². The Hall–Kier alpha value is -2.79. The highest BCUT2D eigenvalue weighted by atomic mass is 35.5. The predicted molar refractivity (Wildman–Crippen MR) is 124 cm³/mol. The molecule has 0 saturated carbocycles. The highest BCUT2D eigenvalue weighted by molar-refractivity contribution is 6.42. The van der Waals surface area contributed by atoms with Gasteiger partial charge in [0.25, 0.3) is 5.91 Å². The number of rotatable bonds is 4. The van der Waals surface area contributed by atoms with Gasteiger partial charge in [0.1, 0.15) is 5.69 Å². The van der Waals surface area contributed by atoms with Crippen LogP contribution < -0.4 is 0 Å². The quantitative estimate of drug-likeness (QED) is 0.359. The summed E-state index contributed by atoms with van der Waals surface area (Å²) in [6.45, 7) is 0.347. The Morgan fingerprint density at radius 2 is 1.61 bits per heavy atom. The molecule has 31 heavy (non-hydrogen) atoms. The highest BCUT2D eigenvalue weighted by Gasteiger charge is 2.42. The third-order valence-corrected chi connectivity index (χ3v) is 6.58. The van der Waals surface area contributed by atoms with Crippen molar-refractivity contribution in [3.63, 3.8) is 0 Å². The molecule has 3 aromatic carbocycles. The Morgan fingerprint density at radius 3 is 2.35 bits per heavy atom. The second-order valence-corrected chi connectivity index (χ2v) is 8.55. The van der Waals surface area contributed by atoms with E-state index in [0.29, 0.717) is 27.3 Å². The fourth-order valence-corrected chi connectivity index (χ4v) is 4.52. The summed E-state index contributed by atoms with van der Waals surface area (Å²) < 4.78 is 0. The molecule has 0 bridgehead atoms. The molecule has 0 spiro atoms. The van der Waals surface area contributed by atoms with Gasteiger partial charge in [-0.15, -0.1) is 0 Å². The van der Waals surface area contributed by atoms with Gasteiger partial charge in [-0.25, -0.2) is 0 Å². The minimum Gasteiger partial charge on any atom is -0.322 e. The second kappa shape index (κ2) is 8.04. The van der Waals surface area contributed by atoms with Crippen LogP contribution in [0.25, 0.3) is 11.3 Å². The Kier molecular flexibility index (Phi) is 5.22. The zero-order valence-corrected chi connectivity index (χ0v) is 18.4. The van der Waals surface area contributed by atoms with Gasteiger partial charge in [-0.1, -0.05) is 89.4 Å². The van der Waals surface area contributed by atoms with Crippen molar-refractivity contribution in [2.45, 2.75) is 12.6 Å². The van der Waals surface area contributed by atoms with Crippen LogP contribution in [0.1, 0.15) is 33.2 Å². The van der Waals surface area contributed by atoms with Gasteiger partial charge in [0, 0.05) is 22.7 Å². The summed E-state index contributed by atoms with van der Waals surface area (Å²) in [5, 5.41) is 8.94. The first kappa shape index (κ1) is 20.1. The third-order valence-electron chi connectivity index (χ3n) is 5.47. The molecule has 1 amide bonds. The maximum absolute atomic E-state index is 13.4. The third kappa shape index (κ3) is 3.51. The summed E-state index contributed by atoms with van der Waals surface area (Å²) in [4.78, 5) is 15.2. The van der Waals surface area contributed by atoms with E-state index >= 15 is 0 Å². The molecule has 0 radical (unpaired) electrons. The number of amides is 1. The molecule has 4 aromatic rings. The summed E-state index contributed by atoms with van der Waals surface area (Å²) in [5.41, 5.74) is 4.68. The van der Waals surface area contributed by atoms with Crippen molar-refractivity contribution in [2.24, 2.45) is 0 Å². The molecule has 5 rings (SSSR count). The fraction of sp³-hybridized carbons (Fsp3) is 0.0833. The average molecular weight is 469 g/mol. The molecule has 1 N–H and O–H groups in total. The molecule has 1 aliphatic rings. The standard InChI is InChI=1S/C24H16Cl3N3O/c25-17-9-5-4-8-16(17)13-30-23(15-10-11-18(26)19(27)12-15)20-21(14-6-2-1-3-7-14)28-29-22(20)24(30)31/h1-12,23H,13H2,(H,28,29). The molecule has 1 unspecified atom stereocenters. The van der Waals surface area contributed by atoms with Crippen LogP contribution in [0, 0.1) is 0 Å². The van der Waals surface area contributed by atoms with Gasteiger partial charge in [-0.2, -0.15) is 5.10 Å². The summed E-state index contributed by atoms with van der Waals surface area (Å²) in [5.74, 6) is -0.138. The number of benzene rings is 3. The van der Waals surface area contributed by atoms with Gasteiger partial charge in [-0.3, -0.25) is 9.89 Å². The number of nitrogens with one attached hydrogen (secondary N) is 1. The number of hydrogen-bond acceptors (Lipinski definition) is 2. The Balaban J connectivity index is 1.68. The molecule has 7 heteroatoms. The smallest absolute Gasteiger partial charge is 0.273 e. The van der Waals surface area contributed by atoms with Crippen molar-refractivity contribution >= 4 is 40.7 Å². The molecule has 0 saturated heterocycles. The lowest BCUT2D eigenvalue weighted by Gasteiger charge is -2.27. The SMILES string of the molecule is O=C1c2[nH]nc(-c3ccccc3)c2C(c2ccc(Cl)c(Cl)c2)N1Cc1ccccc1Cl. The van der Waals surface area contributed by atoms with Crippen LogP contribution in [0.15, 0.2) is 72.8 Å². The lowest BCUT2D eigenvalue weighted by atomic mass is 9.96. The van der Waals surface area contributed by atoms with Crippen LogP contribution in [0.3, 0.4) is 0 Å². The Morgan fingerprint density at radius 1 is 0.871 bits per heavy atom. The first-order valence-corrected chi connectivity index (χ1v) is 10.8. The van der Waals surface area contributed by atoms with Crippen molar-refractivity contribution in [3.05, 3.63) is 110 Å². The van der Waals surface area contributed by atoms with Gasteiger partial charge in [-0.05, 0) is 29.3 Å². The van der Waals surface area contributed by atoms with E-state index in [2.05, 4.69) is 10.2 Å². The lowest BCUT2D eigenvalue weighted by Crippen LogP contribution is -2.29. The van der Waals surface area contributed by atoms with E-state index in [9.17, 15) is 4.79 Å². The first-order valence-electron chi connectivity index (χ1n) is 9.67. The predicted octanol–water partition coefficient (Wildman–Crippen LogP) is 6.78. The minimum absolute atomic E-state index is 0.138. The zero-order chi connectivity index (χ0) is 21.5. The van der Waals surface area contributed by atoms with Crippen molar-refractivity contribution in [1.82, 2.24) is 15.1 Å². The number of halogens is 3. The summed E-state index contributed by atoms with van der Waals surface area (Å²) >= 11 is 18.9. The van der Waals surface area contributed by atoms with Crippen molar-refractivity contribution < 1.29 is 4.79 Å². The average Bonchev–Trinajstić information content (AvgIpc) is 3.32. The van der Waals surface area contributed by atoms with Gasteiger partial charge in [0.05, 0.1) is 21.8 Å². The lowest BCUT2D eigenvalue weighted by molar-refractivity contribution is 0.0730. The number of nitrogens with zero attached hydrogens (tertiary/aromatic N) is 2. The van der Waals surface area contributed by atoms with Gasteiger partial charge in [0.15, 0.2) is 0 Å². The first-order chi connectivity index (χ1) is 15.0. The van der Waals surface area contributed by atoms with Crippen LogP contribution in [0.5, 0.6) is 0 Å². The van der Waals surface area contributed by atoms with E-state index in [1.807, 2.05) is 60.7 Å².